The van der Waals surface area contributed by atoms with Crippen molar-refractivity contribution in [1.82, 2.24) is 24.9 Å². The molecule has 7 rings (SSSR count). The summed E-state index contributed by atoms with van der Waals surface area (Å²) in [6.45, 7) is 2.09. The number of fused-ring (bicyclic) bond motifs is 4. The number of hydrogen-bond acceptors (Lipinski definition) is 8. The number of nitrogens with zero attached hydrogens (tertiary/aromatic N) is 4. The Balaban J connectivity index is 1.46. The Morgan fingerprint density at radius 2 is 2.00 bits per heavy atom. The van der Waals surface area contributed by atoms with Crippen LogP contribution in [0.3, 0.4) is 0 Å². The Morgan fingerprint density at radius 1 is 1.19 bits per heavy atom. The normalized spacial score (nSPS) is 23.2. The van der Waals surface area contributed by atoms with Gasteiger partial charge in [-0.05, 0) is 55.9 Å². The van der Waals surface area contributed by atoms with Crippen molar-refractivity contribution in [3.63, 3.8) is 0 Å². The highest BCUT2D eigenvalue weighted by atomic mass is 32.1. The fourth-order valence-corrected chi connectivity index (χ4v) is 6.38. The first kappa shape index (κ1) is 23.0. The smallest absolute Gasteiger partial charge is 0.311 e. The molecule has 0 aliphatic heterocycles. The highest BCUT2D eigenvalue weighted by Gasteiger charge is 2.48. The van der Waals surface area contributed by atoms with Gasteiger partial charge in [0, 0.05) is 12.2 Å². The lowest BCUT2D eigenvalue weighted by Crippen LogP contribution is -2.52. The number of esters is 1. The molecule has 4 heterocycles. The quantitative estimate of drug-likeness (QED) is 0.343. The number of anilines is 1. The molecule has 2 bridgehead atoms. The average Bonchev–Trinajstić information content (AvgIpc) is 3.56. The van der Waals surface area contributed by atoms with Crippen molar-refractivity contribution in [2.45, 2.75) is 38.6 Å². The standard InChI is InChI=1S/C25H24F2N6O2S/c1-2-35-25(34)17-12-5-7-13(8-6-12)19(17)31-23-18(27)21(15-4-3-9-36-15)32-22(33-23)14-10-28-24-20(14)30-16(26)11-29-24/h3-4,9-13,17,19H,2,5-8H2,1H3,(H,28,29)(H,31,32,33)/t12?,13?,17-,19-/m0/s1. The lowest BCUT2D eigenvalue weighted by atomic mass is 9.61. The maximum Gasteiger partial charge on any atom is 0.311 e. The Morgan fingerprint density at radius 3 is 2.75 bits per heavy atom. The summed E-state index contributed by atoms with van der Waals surface area (Å²) in [5.41, 5.74) is 1.17. The highest BCUT2D eigenvalue weighted by Crippen LogP contribution is 2.47. The van der Waals surface area contributed by atoms with E-state index < -0.39 is 11.8 Å². The van der Waals surface area contributed by atoms with Crippen molar-refractivity contribution < 1.29 is 18.3 Å². The third kappa shape index (κ3) is 3.91. The maximum absolute atomic E-state index is 15.9. The molecule has 3 aliphatic rings. The summed E-state index contributed by atoms with van der Waals surface area (Å²) in [6.07, 6.45) is 6.46. The van der Waals surface area contributed by atoms with E-state index in [0.717, 1.165) is 31.9 Å². The molecule has 0 radical (unpaired) electrons. The molecule has 0 unspecified atom stereocenters. The molecule has 0 spiro atoms. The van der Waals surface area contributed by atoms with E-state index in [4.69, 9.17) is 4.74 Å². The minimum atomic E-state index is -0.738. The van der Waals surface area contributed by atoms with Gasteiger partial charge in [0.05, 0.1) is 29.2 Å². The Labute approximate surface area is 209 Å². The van der Waals surface area contributed by atoms with Crippen LogP contribution in [0.25, 0.3) is 33.1 Å². The second-order valence-electron chi connectivity index (χ2n) is 9.25. The zero-order chi connectivity index (χ0) is 24.8. The van der Waals surface area contributed by atoms with Gasteiger partial charge in [-0.15, -0.1) is 11.3 Å². The van der Waals surface area contributed by atoms with Crippen LogP contribution in [-0.4, -0.2) is 43.5 Å². The number of aromatic nitrogens is 5. The first-order chi connectivity index (χ1) is 17.5. The van der Waals surface area contributed by atoms with Crippen LogP contribution in [-0.2, 0) is 9.53 Å². The van der Waals surface area contributed by atoms with Crippen LogP contribution in [0.15, 0.2) is 29.9 Å². The van der Waals surface area contributed by atoms with Crippen molar-refractivity contribution >= 4 is 34.3 Å². The molecule has 2 atom stereocenters. The van der Waals surface area contributed by atoms with E-state index in [-0.39, 0.29) is 52.6 Å². The number of carbonyl (C=O) groups is 1. The third-order valence-electron chi connectivity index (χ3n) is 7.28. The Bertz CT molecular complexity index is 1420. The van der Waals surface area contributed by atoms with Crippen molar-refractivity contribution in [1.29, 1.82) is 0 Å². The minimum absolute atomic E-state index is 0.00830. The number of nitrogens with one attached hydrogen (secondary N) is 2. The fourth-order valence-electron chi connectivity index (χ4n) is 5.67. The number of hydrogen-bond donors (Lipinski definition) is 2. The fraction of sp³-hybridized carbons (Fsp3) is 0.400. The second-order valence-corrected chi connectivity index (χ2v) is 10.2. The zero-order valence-electron chi connectivity index (χ0n) is 19.5. The number of H-pyrrole nitrogens is 1. The molecule has 0 amide bonds. The first-order valence-electron chi connectivity index (χ1n) is 12.1. The predicted molar refractivity (Wildman–Crippen MR) is 131 cm³/mol. The molecular weight excluding hydrogens is 486 g/mol. The molecule has 0 saturated heterocycles. The van der Waals surface area contributed by atoms with Gasteiger partial charge in [0.15, 0.2) is 23.1 Å². The molecule has 36 heavy (non-hydrogen) atoms. The van der Waals surface area contributed by atoms with Crippen molar-refractivity contribution in [2.75, 3.05) is 11.9 Å². The molecule has 3 fully saturated rings. The summed E-state index contributed by atoms with van der Waals surface area (Å²) < 4.78 is 35.2. The number of halogens is 2. The molecular formula is C25H24F2N6O2S. The maximum atomic E-state index is 15.9. The van der Waals surface area contributed by atoms with Gasteiger partial charge in [0.2, 0.25) is 5.95 Å². The van der Waals surface area contributed by atoms with Crippen molar-refractivity contribution in [2.24, 2.45) is 17.8 Å². The molecule has 186 valence electrons. The summed E-state index contributed by atoms with van der Waals surface area (Å²) in [7, 11) is 0. The van der Waals surface area contributed by atoms with Gasteiger partial charge in [0.1, 0.15) is 11.2 Å². The average molecular weight is 511 g/mol. The topological polar surface area (TPSA) is 106 Å². The van der Waals surface area contributed by atoms with Crippen LogP contribution < -0.4 is 5.32 Å². The number of ether oxygens (including phenoxy) is 1. The summed E-state index contributed by atoms with van der Waals surface area (Å²) in [4.78, 5) is 33.5. The molecule has 11 heteroatoms. The van der Waals surface area contributed by atoms with Crippen LogP contribution in [0.2, 0.25) is 0 Å². The van der Waals surface area contributed by atoms with Gasteiger partial charge in [-0.2, -0.15) is 4.39 Å². The first-order valence-corrected chi connectivity index (χ1v) is 13.0. The molecule has 3 aliphatic carbocycles. The lowest BCUT2D eigenvalue weighted by molar-refractivity contribution is -0.154. The van der Waals surface area contributed by atoms with Crippen molar-refractivity contribution in [3.8, 4) is 22.0 Å². The third-order valence-corrected chi connectivity index (χ3v) is 8.16. The Kier molecular flexibility index (Phi) is 5.87. The highest BCUT2D eigenvalue weighted by molar-refractivity contribution is 7.13. The summed E-state index contributed by atoms with van der Waals surface area (Å²) in [5, 5.41) is 5.13. The monoisotopic (exact) mass is 510 g/mol. The van der Waals surface area contributed by atoms with E-state index in [1.54, 1.807) is 19.2 Å². The molecule has 4 aromatic rings. The van der Waals surface area contributed by atoms with Gasteiger partial charge in [-0.1, -0.05) is 6.07 Å². The van der Waals surface area contributed by atoms with E-state index in [2.05, 4.69) is 30.2 Å². The zero-order valence-corrected chi connectivity index (χ0v) is 20.3. The molecule has 8 nitrogen and oxygen atoms in total. The largest absolute Gasteiger partial charge is 0.466 e. The van der Waals surface area contributed by atoms with Gasteiger partial charge in [-0.3, -0.25) is 4.79 Å². The molecule has 4 aromatic heterocycles. The van der Waals surface area contributed by atoms with Gasteiger partial charge in [0.25, 0.3) is 0 Å². The van der Waals surface area contributed by atoms with Gasteiger partial charge < -0.3 is 15.0 Å². The van der Waals surface area contributed by atoms with Gasteiger partial charge >= 0.3 is 5.97 Å². The van der Waals surface area contributed by atoms with Crippen molar-refractivity contribution in [3.05, 3.63) is 41.7 Å². The summed E-state index contributed by atoms with van der Waals surface area (Å²) in [6, 6.07) is 3.30. The van der Waals surface area contributed by atoms with E-state index in [9.17, 15) is 9.18 Å². The SMILES string of the molecule is CCOC(=O)[C@H]1C2CCC(CC2)[C@@H]1Nc1nc(-c2c[nH]c3ncc(F)nc23)nc(-c2cccs2)c1F. The number of aromatic amines is 1. The molecule has 0 aromatic carbocycles. The van der Waals surface area contributed by atoms with Gasteiger partial charge in [-0.25, -0.2) is 24.3 Å². The van der Waals surface area contributed by atoms with E-state index >= 15 is 4.39 Å². The number of thiophene rings is 1. The van der Waals surface area contributed by atoms with Crippen LogP contribution in [0, 0.1) is 29.5 Å². The molecule has 3 saturated carbocycles. The van der Waals surface area contributed by atoms with Crippen LogP contribution in [0.5, 0.6) is 0 Å². The predicted octanol–water partition coefficient (Wildman–Crippen LogP) is 5.20. The van der Waals surface area contributed by atoms with Crippen LogP contribution >= 0.6 is 11.3 Å². The minimum Gasteiger partial charge on any atom is -0.466 e. The van der Waals surface area contributed by atoms with Crippen LogP contribution in [0.4, 0.5) is 14.6 Å². The van der Waals surface area contributed by atoms with E-state index in [0.29, 0.717) is 22.7 Å². The Hall–Kier alpha value is -3.47. The van der Waals surface area contributed by atoms with E-state index in [1.165, 1.54) is 11.3 Å². The van der Waals surface area contributed by atoms with Crippen LogP contribution in [0.1, 0.15) is 32.6 Å². The van der Waals surface area contributed by atoms with E-state index in [1.807, 2.05) is 11.4 Å². The second kappa shape index (κ2) is 9.20. The number of carbonyl (C=O) groups excluding carboxylic acids is 1. The molecule has 2 N–H and O–H groups in total. The summed E-state index contributed by atoms with van der Waals surface area (Å²) in [5.74, 6) is -1.36. The summed E-state index contributed by atoms with van der Waals surface area (Å²) >= 11 is 1.35. The lowest BCUT2D eigenvalue weighted by Gasteiger charge is -2.47. The number of rotatable bonds is 6.